The highest BCUT2D eigenvalue weighted by molar-refractivity contribution is 6.31. The molecular formula is C14H19ClN4O. The minimum Gasteiger partial charge on any atom is -0.387 e. The third-order valence-corrected chi connectivity index (χ3v) is 3.93. The maximum absolute atomic E-state index is 10.4. The molecule has 1 aromatic heterocycles. The molecule has 2 aromatic rings. The zero-order valence-electron chi connectivity index (χ0n) is 11.5. The first-order valence-electron chi connectivity index (χ1n) is 6.80. The van der Waals surface area contributed by atoms with Crippen LogP contribution < -0.4 is 5.32 Å². The molecule has 3 rings (SSSR count). The lowest BCUT2D eigenvalue weighted by Gasteiger charge is -2.27. The highest BCUT2D eigenvalue weighted by Crippen LogP contribution is 2.19. The lowest BCUT2D eigenvalue weighted by molar-refractivity contribution is 0.0259. The largest absolute Gasteiger partial charge is 0.387 e. The van der Waals surface area contributed by atoms with Crippen LogP contribution in [0.4, 0.5) is 0 Å². The molecule has 1 saturated heterocycles. The molecule has 20 heavy (non-hydrogen) atoms. The zero-order valence-corrected chi connectivity index (χ0v) is 12.2. The molecule has 0 bridgehead atoms. The van der Waals surface area contributed by atoms with E-state index in [0.717, 1.165) is 29.8 Å². The molecule has 0 saturated carbocycles. The molecule has 1 fully saturated rings. The van der Waals surface area contributed by atoms with Crippen LogP contribution in [0.15, 0.2) is 18.2 Å². The molecule has 0 radical (unpaired) electrons. The fourth-order valence-electron chi connectivity index (χ4n) is 2.79. The Morgan fingerprint density at radius 1 is 1.50 bits per heavy atom. The van der Waals surface area contributed by atoms with Crippen molar-refractivity contribution in [2.45, 2.75) is 18.6 Å². The zero-order chi connectivity index (χ0) is 14.2. The minimum atomic E-state index is -0.621. The highest BCUT2D eigenvalue weighted by atomic mass is 35.5. The molecule has 5 nitrogen and oxygen atoms in total. The van der Waals surface area contributed by atoms with Crippen molar-refractivity contribution in [1.82, 2.24) is 20.2 Å². The first kappa shape index (κ1) is 13.8. The fraction of sp³-hybridized carbons (Fsp3) is 0.500. The van der Waals surface area contributed by atoms with Gasteiger partial charge in [-0.05, 0) is 38.2 Å². The summed E-state index contributed by atoms with van der Waals surface area (Å²) in [6.45, 7) is 2.85. The SMILES string of the molecule is CN(Cc1nc2ccc(Cl)cc2[nH]1)CC1(O)CCNC1. The Bertz CT molecular complexity index is 606. The lowest BCUT2D eigenvalue weighted by atomic mass is 10.0. The Kier molecular flexibility index (Phi) is 3.69. The summed E-state index contributed by atoms with van der Waals surface area (Å²) in [4.78, 5) is 9.90. The summed E-state index contributed by atoms with van der Waals surface area (Å²) in [6.07, 6.45) is 0.799. The van der Waals surface area contributed by atoms with Gasteiger partial charge in [0.15, 0.2) is 0 Å². The molecule has 1 aliphatic heterocycles. The number of fused-ring (bicyclic) bond motifs is 1. The van der Waals surface area contributed by atoms with E-state index in [-0.39, 0.29) is 0 Å². The van der Waals surface area contributed by atoms with Crippen molar-refractivity contribution in [2.75, 3.05) is 26.7 Å². The summed E-state index contributed by atoms with van der Waals surface area (Å²) >= 11 is 5.97. The van der Waals surface area contributed by atoms with E-state index in [4.69, 9.17) is 11.6 Å². The van der Waals surface area contributed by atoms with Gasteiger partial charge in [0.1, 0.15) is 5.82 Å². The van der Waals surface area contributed by atoms with Gasteiger partial charge in [-0.1, -0.05) is 11.6 Å². The summed E-state index contributed by atoms with van der Waals surface area (Å²) in [6, 6.07) is 5.62. The van der Waals surface area contributed by atoms with Gasteiger partial charge in [0.2, 0.25) is 0 Å². The van der Waals surface area contributed by atoms with Crippen LogP contribution in [-0.4, -0.2) is 52.3 Å². The van der Waals surface area contributed by atoms with Gasteiger partial charge in [-0.15, -0.1) is 0 Å². The van der Waals surface area contributed by atoms with Crippen LogP contribution in [-0.2, 0) is 6.54 Å². The summed E-state index contributed by atoms with van der Waals surface area (Å²) in [5.74, 6) is 0.888. The molecule has 1 aromatic carbocycles. The number of hydrogen-bond acceptors (Lipinski definition) is 4. The summed E-state index contributed by atoms with van der Waals surface area (Å²) < 4.78 is 0. The smallest absolute Gasteiger partial charge is 0.121 e. The van der Waals surface area contributed by atoms with E-state index in [2.05, 4.69) is 20.2 Å². The number of hydrogen-bond donors (Lipinski definition) is 3. The van der Waals surface area contributed by atoms with Crippen molar-refractivity contribution in [3.63, 3.8) is 0 Å². The molecule has 6 heteroatoms. The molecule has 1 unspecified atom stereocenters. The number of H-pyrrole nitrogens is 1. The summed E-state index contributed by atoms with van der Waals surface area (Å²) in [5, 5.41) is 14.3. The Morgan fingerprint density at radius 2 is 2.35 bits per heavy atom. The number of aliphatic hydroxyl groups is 1. The van der Waals surface area contributed by atoms with Gasteiger partial charge >= 0.3 is 0 Å². The molecule has 1 atom stereocenters. The van der Waals surface area contributed by atoms with E-state index in [0.29, 0.717) is 24.7 Å². The topological polar surface area (TPSA) is 64.2 Å². The third kappa shape index (κ3) is 2.96. The average Bonchev–Trinajstić information content (AvgIpc) is 2.94. The van der Waals surface area contributed by atoms with E-state index in [9.17, 15) is 5.11 Å². The van der Waals surface area contributed by atoms with Crippen LogP contribution in [0.1, 0.15) is 12.2 Å². The maximum Gasteiger partial charge on any atom is 0.121 e. The number of aromatic amines is 1. The van der Waals surface area contributed by atoms with E-state index in [1.54, 1.807) is 0 Å². The Morgan fingerprint density at radius 3 is 3.10 bits per heavy atom. The number of nitrogens with one attached hydrogen (secondary N) is 2. The van der Waals surface area contributed by atoms with Crippen LogP contribution >= 0.6 is 11.6 Å². The van der Waals surface area contributed by atoms with Gasteiger partial charge in [0.05, 0.1) is 23.2 Å². The van der Waals surface area contributed by atoms with Crippen molar-refractivity contribution < 1.29 is 5.11 Å². The molecule has 2 heterocycles. The molecule has 108 valence electrons. The van der Waals surface area contributed by atoms with Crippen molar-refractivity contribution in [3.05, 3.63) is 29.0 Å². The number of aromatic nitrogens is 2. The number of rotatable bonds is 4. The van der Waals surface area contributed by atoms with Crippen LogP contribution in [0.3, 0.4) is 0 Å². The Labute approximate surface area is 122 Å². The normalized spacial score (nSPS) is 23.0. The lowest BCUT2D eigenvalue weighted by Crippen LogP contribution is -2.43. The predicted octanol–water partition coefficient (Wildman–Crippen LogP) is 1.37. The van der Waals surface area contributed by atoms with Crippen LogP contribution in [0.5, 0.6) is 0 Å². The standard InChI is InChI=1S/C14H19ClN4O/c1-19(9-14(20)4-5-16-8-14)7-13-17-11-3-2-10(15)6-12(11)18-13/h2-3,6,16,20H,4-5,7-9H2,1H3,(H,17,18). The second kappa shape index (κ2) is 5.33. The minimum absolute atomic E-state index is 0.621. The van der Waals surface area contributed by atoms with E-state index < -0.39 is 5.60 Å². The van der Waals surface area contributed by atoms with Gasteiger partial charge in [-0.25, -0.2) is 4.98 Å². The van der Waals surface area contributed by atoms with Crippen molar-refractivity contribution in [1.29, 1.82) is 0 Å². The van der Waals surface area contributed by atoms with Gasteiger partial charge in [0, 0.05) is 18.1 Å². The molecule has 1 aliphatic rings. The Balaban J connectivity index is 1.69. The molecule has 3 N–H and O–H groups in total. The molecule has 0 aliphatic carbocycles. The van der Waals surface area contributed by atoms with Crippen molar-refractivity contribution in [3.8, 4) is 0 Å². The number of imidazole rings is 1. The number of β-amino-alcohol motifs (C(OH)–C–C–N with tert-alkyl or cyclic N) is 1. The second-order valence-electron chi connectivity index (χ2n) is 5.67. The molecule has 0 spiro atoms. The predicted molar refractivity (Wildman–Crippen MR) is 79.9 cm³/mol. The van der Waals surface area contributed by atoms with Crippen LogP contribution in [0.2, 0.25) is 5.02 Å². The Hall–Kier alpha value is -1.14. The monoisotopic (exact) mass is 294 g/mol. The quantitative estimate of drug-likeness (QED) is 0.797. The van der Waals surface area contributed by atoms with Crippen LogP contribution in [0.25, 0.3) is 11.0 Å². The number of halogens is 1. The van der Waals surface area contributed by atoms with Gasteiger partial charge in [-0.3, -0.25) is 4.90 Å². The first-order valence-corrected chi connectivity index (χ1v) is 7.18. The maximum atomic E-state index is 10.4. The first-order chi connectivity index (χ1) is 9.54. The second-order valence-corrected chi connectivity index (χ2v) is 6.10. The number of likely N-dealkylation sites (N-methyl/N-ethyl adjacent to an activating group) is 1. The van der Waals surface area contributed by atoms with E-state index in [1.165, 1.54) is 0 Å². The average molecular weight is 295 g/mol. The van der Waals surface area contributed by atoms with Gasteiger partial charge < -0.3 is 15.4 Å². The highest BCUT2D eigenvalue weighted by Gasteiger charge is 2.32. The van der Waals surface area contributed by atoms with E-state index >= 15 is 0 Å². The molecular weight excluding hydrogens is 276 g/mol. The third-order valence-electron chi connectivity index (χ3n) is 3.70. The van der Waals surface area contributed by atoms with Crippen molar-refractivity contribution in [2.24, 2.45) is 0 Å². The number of nitrogens with zero attached hydrogens (tertiary/aromatic N) is 2. The molecule has 0 amide bonds. The fourth-order valence-corrected chi connectivity index (χ4v) is 2.96. The van der Waals surface area contributed by atoms with E-state index in [1.807, 2.05) is 25.2 Å². The summed E-state index contributed by atoms with van der Waals surface area (Å²) in [7, 11) is 2.00. The van der Waals surface area contributed by atoms with Gasteiger partial charge in [0.25, 0.3) is 0 Å². The van der Waals surface area contributed by atoms with Crippen molar-refractivity contribution >= 4 is 22.6 Å². The number of benzene rings is 1. The van der Waals surface area contributed by atoms with Crippen LogP contribution in [0, 0.1) is 0 Å². The summed E-state index contributed by atoms with van der Waals surface area (Å²) in [5.41, 5.74) is 1.24. The van der Waals surface area contributed by atoms with Gasteiger partial charge in [-0.2, -0.15) is 0 Å².